The van der Waals surface area contributed by atoms with Crippen molar-refractivity contribution in [1.29, 1.82) is 0 Å². The third kappa shape index (κ3) is 4.34. The van der Waals surface area contributed by atoms with Crippen molar-refractivity contribution in [2.24, 2.45) is 5.92 Å². The van der Waals surface area contributed by atoms with Crippen LogP contribution < -0.4 is 5.32 Å². The van der Waals surface area contributed by atoms with Crippen LogP contribution in [-0.2, 0) is 0 Å². The zero-order chi connectivity index (χ0) is 15.1. The summed E-state index contributed by atoms with van der Waals surface area (Å²) in [6.45, 7) is 2.02. The molecule has 3 heteroatoms. The van der Waals surface area contributed by atoms with Crippen LogP contribution in [0.2, 0.25) is 0 Å². The zero-order valence-corrected chi connectivity index (χ0v) is 12.6. The van der Waals surface area contributed by atoms with Gasteiger partial charge in [0.15, 0.2) is 0 Å². The van der Waals surface area contributed by atoms with Gasteiger partial charge in [-0.3, -0.25) is 4.79 Å². The molecule has 0 heterocycles. The molecule has 2 unspecified atom stereocenters. The van der Waals surface area contributed by atoms with Crippen molar-refractivity contribution in [1.82, 2.24) is 5.32 Å². The van der Waals surface area contributed by atoms with Gasteiger partial charge in [-0.25, -0.2) is 0 Å². The number of aliphatic hydroxyl groups is 1. The zero-order valence-electron chi connectivity index (χ0n) is 12.6. The van der Waals surface area contributed by atoms with E-state index in [1.54, 1.807) is 6.07 Å². The minimum atomic E-state index is -0.199. The van der Waals surface area contributed by atoms with Crippen LogP contribution in [0.3, 0.4) is 0 Å². The lowest BCUT2D eigenvalue weighted by molar-refractivity contribution is 0.0921. The molecule has 2 rings (SSSR count). The van der Waals surface area contributed by atoms with Crippen LogP contribution in [-0.4, -0.2) is 23.7 Å². The second-order valence-electron chi connectivity index (χ2n) is 5.70. The Hall–Kier alpha value is -1.79. The Balaban J connectivity index is 2.12. The molecule has 0 saturated heterocycles. The Kier molecular flexibility index (Phi) is 5.83. The van der Waals surface area contributed by atoms with Gasteiger partial charge in [0.05, 0.1) is 5.56 Å². The lowest BCUT2D eigenvalue weighted by atomic mass is 9.96. The second kappa shape index (κ2) is 7.85. The van der Waals surface area contributed by atoms with E-state index in [9.17, 15) is 4.79 Å². The molecule has 1 aromatic carbocycles. The Morgan fingerprint density at radius 1 is 1.29 bits per heavy atom. The van der Waals surface area contributed by atoms with Gasteiger partial charge in [-0.05, 0) is 30.9 Å². The Bertz CT molecular complexity index is 542. The monoisotopic (exact) mass is 285 g/mol. The van der Waals surface area contributed by atoms with Gasteiger partial charge in [0.2, 0.25) is 0 Å². The first-order valence-corrected chi connectivity index (χ1v) is 7.72. The van der Waals surface area contributed by atoms with E-state index in [0.29, 0.717) is 17.0 Å². The van der Waals surface area contributed by atoms with Gasteiger partial charge in [0, 0.05) is 11.6 Å². The Morgan fingerprint density at radius 2 is 2.05 bits per heavy atom. The molecule has 2 atom stereocenters. The summed E-state index contributed by atoms with van der Waals surface area (Å²) >= 11 is 0. The fourth-order valence-corrected chi connectivity index (χ4v) is 2.88. The average Bonchev–Trinajstić information content (AvgIpc) is 2.70. The van der Waals surface area contributed by atoms with Crippen LogP contribution in [0.5, 0.6) is 0 Å². The predicted molar refractivity (Wildman–Crippen MR) is 83.9 cm³/mol. The fourth-order valence-electron chi connectivity index (χ4n) is 2.88. The van der Waals surface area contributed by atoms with Crippen molar-refractivity contribution in [3.63, 3.8) is 0 Å². The van der Waals surface area contributed by atoms with Crippen molar-refractivity contribution < 1.29 is 9.90 Å². The lowest BCUT2D eigenvalue weighted by Crippen LogP contribution is -2.39. The van der Waals surface area contributed by atoms with Gasteiger partial charge in [0.25, 0.3) is 5.91 Å². The highest BCUT2D eigenvalue weighted by Gasteiger charge is 2.22. The van der Waals surface area contributed by atoms with E-state index < -0.39 is 0 Å². The molecule has 1 amide bonds. The highest BCUT2D eigenvalue weighted by molar-refractivity contribution is 5.96. The van der Waals surface area contributed by atoms with E-state index >= 15 is 0 Å². The number of amides is 1. The summed E-state index contributed by atoms with van der Waals surface area (Å²) < 4.78 is 0. The van der Waals surface area contributed by atoms with Crippen LogP contribution in [0, 0.1) is 17.8 Å². The van der Waals surface area contributed by atoms with Crippen LogP contribution in [0.15, 0.2) is 24.3 Å². The summed E-state index contributed by atoms with van der Waals surface area (Å²) in [7, 11) is 0. The van der Waals surface area contributed by atoms with Crippen LogP contribution in [0.25, 0.3) is 0 Å². The molecule has 1 saturated carbocycles. The van der Waals surface area contributed by atoms with E-state index in [1.807, 2.05) is 18.2 Å². The van der Waals surface area contributed by atoms with E-state index in [-0.39, 0.29) is 18.6 Å². The van der Waals surface area contributed by atoms with Crippen LogP contribution in [0.1, 0.15) is 54.9 Å². The number of benzene rings is 1. The third-order valence-electron chi connectivity index (χ3n) is 4.15. The van der Waals surface area contributed by atoms with Crippen molar-refractivity contribution in [2.45, 2.75) is 45.1 Å². The standard InChI is InChI=1S/C18H23NO2/c1-14-8-3-2-4-12-17(14)19-18(21)16-11-6-5-9-15(16)10-7-13-20/h5-6,9,11,14,17,20H,2-4,8,12-13H2,1H3,(H,19,21). The highest BCUT2D eigenvalue weighted by Crippen LogP contribution is 2.23. The number of hydrogen-bond acceptors (Lipinski definition) is 2. The number of carbonyl (C=O) groups excluding carboxylic acids is 1. The number of nitrogens with one attached hydrogen (secondary N) is 1. The average molecular weight is 285 g/mol. The molecule has 0 aromatic heterocycles. The molecule has 2 N–H and O–H groups in total. The first-order chi connectivity index (χ1) is 10.2. The predicted octanol–water partition coefficient (Wildman–Crippen LogP) is 2.73. The van der Waals surface area contributed by atoms with Gasteiger partial charge < -0.3 is 10.4 Å². The molecule has 21 heavy (non-hydrogen) atoms. The van der Waals surface area contributed by atoms with Gasteiger partial charge in [-0.1, -0.05) is 50.2 Å². The smallest absolute Gasteiger partial charge is 0.252 e. The highest BCUT2D eigenvalue weighted by atomic mass is 16.2. The van der Waals surface area contributed by atoms with E-state index in [4.69, 9.17) is 5.11 Å². The normalized spacial score (nSPS) is 21.8. The topological polar surface area (TPSA) is 49.3 Å². The summed E-state index contributed by atoms with van der Waals surface area (Å²) in [6, 6.07) is 7.55. The first-order valence-electron chi connectivity index (χ1n) is 7.72. The maximum Gasteiger partial charge on any atom is 0.252 e. The number of hydrogen-bond donors (Lipinski definition) is 2. The molecular formula is C18H23NO2. The van der Waals surface area contributed by atoms with Gasteiger partial charge in [0.1, 0.15) is 6.61 Å². The molecule has 1 fully saturated rings. The van der Waals surface area contributed by atoms with Crippen LogP contribution in [0.4, 0.5) is 0 Å². The summed E-state index contributed by atoms with van der Waals surface area (Å²) in [5.41, 5.74) is 1.26. The number of aliphatic hydroxyl groups excluding tert-OH is 1. The molecule has 3 nitrogen and oxygen atoms in total. The number of rotatable bonds is 2. The summed E-state index contributed by atoms with van der Waals surface area (Å²) in [4.78, 5) is 12.5. The maximum absolute atomic E-state index is 12.5. The van der Waals surface area contributed by atoms with Crippen molar-refractivity contribution >= 4 is 5.91 Å². The van der Waals surface area contributed by atoms with Gasteiger partial charge in [-0.2, -0.15) is 0 Å². The maximum atomic E-state index is 12.5. The largest absolute Gasteiger partial charge is 0.384 e. The van der Waals surface area contributed by atoms with E-state index in [2.05, 4.69) is 24.1 Å². The SMILES string of the molecule is CC1CCCCCC1NC(=O)c1ccccc1C#CCO. The minimum absolute atomic E-state index is 0.0587. The molecule has 0 bridgehead atoms. The molecule has 112 valence electrons. The summed E-state index contributed by atoms with van der Waals surface area (Å²) in [6.07, 6.45) is 5.93. The van der Waals surface area contributed by atoms with Crippen molar-refractivity contribution in [3.05, 3.63) is 35.4 Å². The summed E-state index contributed by atoms with van der Waals surface area (Å²) in [5.74, 6) is 5.91. The fraction of sp³-hybridized carbons (Fsp3) is 0.500. The van der Waals surface area contributed by atoms with Gasteiger partial charge >= 0.3 is 0 Å². The quantitative estimate of drug-likeness (QED) is 0.648. The molecule has 0 radical (unpaired) electrons. The molecule has 1 aliphatic rings. The van der Waals surface area contributed by atoms with Crippen molar-refractivity contribution in [3.8, 4) is 11.8 Å². The minimum Gasteiger partial charge on any atom is -0.384 e. The van der Waals surface area contributed by atoms with Crippen LogP contribution >= 0.6 is 0 Å². The molecule has 0 spiro atoms. The Labute approximate surface area is 126 Å². The number of carbonyl (C=O) groups is 1. The first kappa shape index (κ1) is 15.6. The van der Waals surface area contributed by atoms with Crippen molar-refractivity contribution in [2.75, 3.05) is 6.61 Å². The van der Waals surface area contributed by atoms with E-state index in [1.165, 1.54) is 25.7 Å². The van der Waals surface area contributed by atoms with E-state index in [0.717, 1.165) is 6.42 Å². The molecule has 1 aliphatic carbocycles. The lowest BCUT2D eigenvalue weighted by Gasteiger charge is -2.23. The van der Waals surface area contributed by atoms with Gasteiger partial charge in [-0.15, -0.1) is 0 Å². The Morgan fingerprint density at radius 3 is 2.86 bits per heavy atom. The third-order valence-corrected chi connectivity index (χ3v) is 4.15. The second-order valence-corrected chi connectivity index (χ2v) is 5.70. The molecule has 1 aromatic rings. The summed E-state index contributed by atoms with van der Waals surface area (Å²) in [5, 5.41) is 12.0. The molecule has 0 aliphatic heterocycles. The molecular weight excluding hydrogens is 262 g/mol.